The van der Waals surface area contributed by atoms with Crippen molar-refractivity contribution in [3.8, 4) is 11.5 Å². The highest BCUT2D eigenvalue weighted by atomic mass is 16.7. The number of ether oxygens (including phenoxy) is 4. The fraction of sp³-hybridized carbons (Fsp3) is 0.400. The third kappa shape index (κ3) is 6.86. The highest BCUT2D eigenvalue weighted by molar-refractivity contribution is 5.71. The summed E-state index contributed by atoms with van der Waals surface area (Å²) in [6.07, 6.45) is -1.42. The van der Waals surface area contributed by atoms with E-state index in [0.29, 0.717) is 13.0 Å². The molecule has 0 saturated carbocycles. The van der Waals surface area contributed by atoms with Gasteiger partial charge in [-0.05, 0) is 38.0 Å². The minimum atomic E-state index is -0.932. The van der Waals surface area contributed by atoms with Gasteiger partial charge in [0.05, 0.1) is 13.2 Å². The molecule has 3 N–H and O–H groups in total. The standard InChI is InChI=1S/C15H20N2O7/c1-3-21-14(19)23-11-6-5-10(7-8-17-13(16)18)9-12(11)24-15(20)22-4-2/h5-6,9H,3-4,7-8H2,1-2H3,(H3,16,17,18). The first-order valence-electron chi connectivity index (χ1n) is 7.31. The molecule has 0 aliphatic rings. The number of urea groups is 1. The molecule has 24 heavy (non-hydrogen) atoms. The Bertz CT molecular complexity index is 589. The molecule has 0 atom stereocenters. The second-order valence-electron chi connectivity index (χ2n) is 4.39. The van der Waals surface area contributed by atoms with Gasteiger partial charge >= 0.3 is 18.3 Å². The van der Waals surface area contributed by atoms with Crippen molar-refractivity contribution in [3.05, 3.63) is 23.8 Å². The number of amides is 2. The van der Waals surface area contributed by atoms with Gasteiger partial charge in [0.2, 0.25) is 0 Å². The maximum absolute atomic E-state index is 11.5. The fourth-order valence-corrected chi connectivity index (χ4v) is 1.68. The Morgan fingerprint density at radius 2 is 1.58 bits per heavy atom. The molecule has 1 aromatic rings. The van der Waals surface area contributed by atoms with Gasteiger partial charge in [0.25, 0.3) is 0 Å². The van der Waals surface area contributed by atoms with Crippen LogP contribution in [0.3, 0.4) is 0 Å². The van der Waals surface area contributed by atoms with Crippen LogP contribution in [0.2, 0.25) is 0 Å². The average molecular weight is 340 g/mol. The average Bonchev–Trinajstić information content (AvgIpc) is 2.50. The van der Waals surface area contributed by atoms with Crippen molar-refractivity contribution >= 4 is 18.3 Å². The molecular formula is C15H20N2O7. The van der Waals surface area contributed by atoms with E-state index in [0.717, 1.165) is 5.56 Å². The molecule has 0 aromatic heterocycles. The van der Waals surface area contributed by atoms with Gasteiger partial charge in [0.1, 0.15) is 0 Å². The summed E-state index contributed by atoms with van der Waals surface area (Å²) in [7, 11) is 0. The summed E-state index contributed by atoms with van der Waals surface area (Å²) in [5.41, 5.74) is 5.71. The van der Waals surface area contributed by atoms with Gasteiger partial charge in [-0.1, -0.05) is 6.07 Å². The number of hydrogen-bond acceptors (Lipinski definition) is 7. The van der Waals surface area contributed by atoms with E-state index in [9.17, 15) is 14.4 Å². The third-order valence-electron chi connectivity index (χ3n) is 2.63. The summed E-state index contributed by atoms with van der Waals surface area (Å²) >= 11 is 0. The van der Waals surface area contributed by atoms with Crippen molar-refractivity contribution < 1.29 is 33.3 Å². The summed E-state index contributed by atoms with van der Waals surface area (Å²) < 4.78 is 19.4. The Morgan fingerprint density at radius 3 is 2.12 bits per heavy atom. The lowest BCUT2D eigenvalue weighted by molar-refractivity contribution is 0.0939. The predicted octanol–water partition coefficient (Wildman–Crippen LogP) is 1.97. The summed E-state index contributed by atoms with van der Waals surface area (Å²) in [6, 6.07) is 3.95. The van der Waals surface area contributed by atoms with Crippen LogP contribution in [0.15, 0.2) is 18.2 Å². The Hall–Kier alpha value is -2.97. The molecule has 0 unspecified atom stereocenters. The van der Waals surface area contributed by atoms with Crippen LogP contribution in [0.1, 0.15) is 19.4 Å². The lowest BCUT2D eigenvalue weighted by Crippen LogP contribution is -2.30. The molecule has 1 aromatic carbocycles. The summed E-state index contributed by atoms with van der Waals surface area (Å²) in [5.74, 6) is 0.00573. The molecule has 0 bridgehead atoms. The van der Waals surface area contributed by atoms with Crippen LogP contribution in [0.25, 0.3) is 0 Å². The summed E-state index contributed by atoms with van der Waals surface area (Å²) in [6.45, 7) is 3.83. The quantitative estimate of drug-likeness (QED) is 0.574. The monoisotopic (exact) mass is 340 g/mol. The van der Waals surface area contributed by atoms with Crippen molar-refractivity contribution in [1.82, 2.24) is 5.32 Å². The molecule has 0 radical (unpaired) electrons. The van der Waals surface area contributed by atoms with Gasteiger partial charge in [0.15, 0.2) is 11.5 Å². The fourth-order valence-electron chi connectivity index (χ4n) is 1.68. The maximum atomic E-state index is 11.5. The summed E-state index contributed by atoms with van der Waals surface area (Å²) in [4.78, 5) is 33.6. The van der Waals surface area contributed by atoms with Gasteiger partial charge in [-0.3, -0.25) is 0 Å². The van der Waals surface area contributed by atoms with E-state index in [-0.39, 0.29) is 24.7 Å². The normalized spacial score (nSPS) is 9.75. The van der Waals surface area contributed by atoms with E-state index < -0.39 is 18.3 Å². The highest BCUT2D eigenvalue weighted by Gasteiger charge is 2.16. The summed E-state index contributed by atoms with van der Waals surface area (Å²) in [5, 5.41) is 2.44. The van der Waals surface area contributed by atoms with Crippen LogP contribution in [0.4, 0.5) is 14.4 Å². The molecule has 0 spiro atoms. The predicted molar refractivity (Wildman–Crippen MR) is 83.0 cm³/mol. The first-order valence-corrected chi connectivity index (χ1v) is 7.31. The van der Waals surface area contributed by atoms with Crippen molar-refractivity contribution in [3.63, 3.8) is 0 Å². The largest absolute Gasteiger partial charge is 0.513 e. The molecule has 9 nitrogen and oxygen atoms in total. The van der Waals surface area contributed by atoms with Gasteiger partial charge in [-0.15, -0.1) is 0 Å². The van der Waals surface area contributed by atoms with Crippen LogP contribution in [0, 0.1) is 0 Å². The molecule has 0 aliphatic heterocycles. The maximum Gasteiger partial charge on any atom is 0.513 e. The second kappa shape index (κ2) is 9.93. The Kier molecular flexibility index (Phi) is 7.89. The van der Waals surface area contributed by atoms with Gasteiger partial charge < -0.3 is 30.0 Å². The smallest absolute Gasteiger partial charge is 0.434 e. The SMILES string of the molecule is CCOC(=O)Oc1ccc(CCNC(N)=O)cc1OC(=O)OCC. The number of nitrogens with one attached hydrogen (secondary N) is 1. The second-order valence-corrected chi connectivity index (χ2v) is 4.39. The topological polar surface area (TPSA) is 126 Å². The zero-order valence-corrected chi connectivity index (χ0v) is 13.5. The van der Waals surface area contributed by atoms with Crippen LogP contribution in [0.5, 0.6) is 11.5 Å². The van der Waals surface area contributed by atoms with Crippen molar-refractivity contribution in [2.24, 2.45) is 5.73 Å². The molecule has 0 aliphatic carbocycles. The number of benzene rings is 1. The molecular weight excluding hydrogens is 320 g/mol. The van der Waals surface area contributed by atoms with E-state index in [2.05, 4.69) is 10.1 Å². The van der Waals surface area contributed by atoms with Crippen molar-refractivity contribution in [2.45, 2.75) is 20.3 Å². The Labute approximate surface area is 139 Å². The van der Waals surface area contributed by atoms with E-state index in [1.165, 1.54) is 12.1 Å². The van der Waals surface area contributed by atoms with Crippen molar-refractivity contribution in [2.75, 3.05) is 19.8 Å². The lowest BCUT2D eigenvalue weighted by atomic mass is 10.1. The molecule has 1 rings (SSSR count). The molecule has 132 valence electrons. The number of nitrogens with two attached hydrogens (primary N) is 1. The van der Waals surface area contributed by atoms with Gasteiger partial charge in [-0.2, -0.15) is 0 Å². The Balaban J connectivity index is 2.89. The van der Waals surface area contributed by atoms with Crippen LogP contribution in [-0.4, -0.2) is 38.1 Å². The number of primary amides is 1. The van der Waals surface area contributed by atoms with Gasteiger partial charge in [-0.25, -0.2) is 14.4 Å². The van der Waals surface area contributed by atoms with E-state index in [1.807, 2.05) is 0 Å². The molecule has 0 fully saturated rings. The number of carbonyl (C=O) groups excluding carboxylic acids is 3. The van der Waals surface area contributed by atoms with Gasteiger partial charge in [0, 0.05) is 6.54 Å². The first-order chi connectivity index (χ1) is 11.5. The van der Waals surface area contributed by atoms with Crippen LogP contribution in [-0.2, 0) is 15.9 Å². The van der Waals surface area contributed by atoms with Crippen molar-refractivity contribution in [1.29, 1.82) is 0 Å². The Morgan fingerprint density at radius 1 is 1.00 bits per heavy atom. The molecule has 0 heterocycles. The van der Waals surface area contributed by atoms with Crippen LogP contribution >= 0.6 is 0 Å². The zero-order valence-electron chi connectivity index (χ0n) is 13.5. The number of hydrogen-bond donors (Lipinski definition) is 2. The van der Waals surface area contributed by atoms with Crippen LogP contribution < -0.4 is 20.5 Å². The molecule has 9 heteroatoms. The minimum absolute atomic E-state index is 0.00178. The van der Waals surface area contributed by atoms with E-state index in [1.54, 1.807) is 19.9 Å². The third-order valence-corrected chi connectivity index (χ3v) is 2.63. The first kappa shape index (κ1) is 19.1. The lowest BCUT2D eigenvalue weighted by Gasteiger charge is -2.12. The minimum Gasteiger partial charge on any atom is -0.434 e. The number of carbonyl (C=O) groups is 3. The molecule has 0 saturated heterocycles. The van der Waals surface area contributed by atoms with E-state index >= 15 is 0 Å². The number of rotatable bonds is 7. The highest BCUT2D eigenvalue weighted by Crippen LogP contribution is 2.29. The zero-order chi connectivity index (χ0) is 17.9. The van der Waals surface area contributed by atoms with E-state index in [4.69, 9.17) is 19.9 Å². The molecule has 2 amide bonds.